The fourth-order valence-electron chi connectivity index (χ4n) is 2.75. The van der Waals surface area contributed by atoms with Crippen LogP contribution in [0.2, 0.25) is 0 Å². The quantitative estimate of drug-likeness (QED) is 0.867. The van der Waals surface area contributed by atoms with Crippen LogP contribution in [-0.4, -0.2) is 18.1 Å². The smallest absolute Gasteiger partial charge is 0.185 e. The number of nitrogens with one attached hydrogen (secondary N) is 1. The molecule has 1 N–H and O–H groups in total. The third-order valence-electron chi connectivity index (χ3n) is 4.07. The van der Waals surface area contributed by atoms with E-state index in [1.165, 1.54) is 30.2 Å². The van der Waals surface area contributed by atoms with Gasteiger partial charge in [0.15, 0.2) is 5.13 Å². The standard InChI is InChI=1S/C17H22FN3S.ClH/c1-13-16(12-19-11-14-7-3-4-8-15(14)18)22-17(20-13)21-9-5-2-6-10-21;/h3-4,7-8,19H,2,5-6,9-12H2,1H3;1H. The highest BCUT2D eigenvalue weighted by molar-refractivity contribution is 7.15. The summed E-state index contributed by atoms with van der Waals surface area (Å²) in [5.41, 5.74) is 1.80. The van der Waals surface area contributed by atoms with Crippen LogP contribution in [0.5, 0.6) is 0 Å². The summed E-state index contributed by atoms with van der Waals surface area (Å²) in [5.74, 6) is -0.148. The van der Waals surface area contributed by atoms with Crippen molar-refractivity contribution < 1.29 is 4.39 Å². The molecule has 0 atom stereocenters. The molecular formula is C17H23ClFN3S. The number of anilines is 1. The first-order chi connectivity index (χ1) is 10.7. The third-order valence-corrected chi connectivity index (χ3v) is 5.29. The summed E-state index contributed by atoms with van der Waals surface area (Å²) in [6, 6.07) is 6.91. The summed E-state index contributed by atoms with van der Waals surface area (Å²) in [5, 5.41) is 4.47. The fraction of sp³-hybridized carbons (Fsp3) is 0.471. The predicted molar refractivity (Wildman–Crippen MR) is 97.1 cm³/mol. The molecule has 1 fully saturated rings. The molecule has 3 rings (SSSR count). The van der Waals surface area contributed by atoms with Gasteiger partial charge in [0.05, 0.1) is 5.69 Å². The van der Waals surface area contributed by atoms with E-state index >= 15 is 0 Å². The molecule has 0 radical (unpaired) electrons. The van der Waals surface area contributed by atoms with Crippen molar-refractivity contribution in [2.75, 3.05) is 18.0 Å². The van der Waals surface area contributed by atoms with Crippen molar-refractivity contribution in [1.82, 2.24) is 10.3 Å². The Morgan fingerprint density at radius 3 is 2.65 bits per heavy atom. The first-order valence-electron chi connectivity index (χ1n) is 7.89. The Morgan fingerprint density at radius 2 is 1.91 bits per heavy atom. The van der Waals surface area contributed by atoms with E-state index in [9.17, 15) is 4.39 Å². The lowest BCUT2D eigenvalue weighted by molar-refractivity contribution is 0.576. The van der Waals surface area contributed by atoms with Gasteiger partial charge in [-0.1, -0.05) is 18.2 Å². The SMILES string of the molecule is Cc1nc(N2CCCCC2)sc1CNCc1ccccc1F.Cl. The van der Waals surface area contributed by atoms with Gasteiger partial charge in [-0.15, -0.1) is 23.7 Å². The van der Waals surface area contributed by atoms with Crippen molar-refractivity contribution in [3.05, 3.63) is 46.2 Å². The zero-order valence-corrected chi connectivity index (χ0v) is 15.0. The van der Waals surface area contributed by atoms with Gasteiger partial charge in [-0.25, -0.2) is 9.37 Å². The zero-order valence-electron chi connectivity index (χ0n) is 13.3. The Hall–Kier alpha value is -1.17. The van der Waals surface area contributed by atoms with E-state index in [4.69, 9.17) is 4.98 Å². The van der Waals surface area contributed by atoms with Gasteiger partial charge in [0.25, 0.3) is 0 Å². The molecule has 2 heterocycles. The summed E-state index contributed by atoms with van der Waals surface area (Å²) in [6.45, 7) is 5.59. The topological polar surface area (TPSA) is 28.2 Å². The van der Waals surface area contributed by atoms with E-state index in [0.717, 1.165) is 30.5 Å². The number of hydrogen-bond acceptors (Lipinski definition) is 4. The van der Waals surface area contributed by atoms with Gasteiger partial charge in [0, 0.05) is 36.6 Å². The molecule has 0 saturated carbocycles. The maximum atomic E-state index is 13.6. The summed E-state index contributed by atoms with van der Waals surface area (Å²) < 4.78 is 13.6. The van der Waals surface area contributed by atoms with Crippen LogP contribution in [0.1, 0.15) is 35.4 Å². The Kier molecular flexibility index (Phi) is 6.81. The minimum Gasteiger partial charge on any atom is -0.348 e. The van der Waals surface area contributed by atoms with Crippen LogP contribution in [0, 0.1) is 12.7 Å². The number of halogens is 2. The lowest BCUT2D eigenvalue weighted by Gasteiger charge is -2.25. The van der Waals surface area contributed by atoms with E-state index in [0.29, 0.717) is 12.1 Å². The van der Waals surface area contributed by atoms with Crippen molar-refractivity contribution >= 4 is 28.9 Å². The fourth-order valence-corrected chi connectivity index (χ4v) is 3.83. The first kappa shape index (κ1) is 18.2. The van der Waals surface area contributed by atoms with E-state index in [2.05, 4.69) is 17.1 Å². The minimum absolute atomic E-state index is 0. The summed E-state index contributed by atoms with van der Waals surface area (Å²) in [6.07, 6.45) is 3.86. The number of aryl methyl sites for hydroxylation is 1. The average molecular weight is 356 g/mol. The van der Waals surface area contributed by atoms with Crippen LogP contribution < -0.4 is 10.2 Å². The van der Waals surface area contributed by atoms with Crippen molar-refractivity contribution in [3.63, 3.8) is 0 Å². The van der Waals surface area contributed by atoms with Gasteiger partial charge in [0.1, 0.15) is 5.82 Å². The van der Waals surface area contributed by atoms with Crippen LogP contribution >= 0.6 is 23.7 Å². The molecular weight excluding hydrogens is 333 g/mol. The average Bonchev–Trinajstić information content (AvgIpc) is 2.91. The summed E-state index contributed by atoms with van der Waals surface area (Å²) in [4.78, 5) is 8.35. The zero-order chi connectivity index (χ0) is 15.4. The van der Waals surface area contributed by atoms with Gasteiger partial charge in [0.2, 0.25) is 0 Å². The molecule has 0 amide bonds. The molecule has 126 valence electrons. The number of rotatable bonds is 5. The van der Waals surface area contributed by atoms with Crippen molar-refractivity contribution in [3.8, 4) is 0 Å². The second-order valence-corrected chi connectivity index (χ2v) is 6.81. The van der Waals surface area contributed by atoms with Crippen molar-refractivity contribution in [2.24, 2.45) is 0 Å². The van der Waals surface area contributed by atoms with Crippen LogP contribution in [-0.2, 0) is 13.1 Å². The van der Waals surface area contributed by atoms with Crippen molar-refractivity contribution in [2.45, 2.75) is 39.3 Å². The highest BCUT2D eigenvalue weighted by Gasteiger charge is 2.16. The van der Waals surface area contributed by atoms with E-state index in [1.54, 1.807) is 17.4 Å². The number of thiazole rings is 1. The van der Waals surface area contributed by atoms with Gasteiger partial charge in [-0.3, -0.25) is 0 Å². The molecule has 0 spiro atoms. The number of benzene rings is 1. The number of hydrogen-bond donors (Lipinski definition) is 1. The molecule has 2 aromatic rings. The molecule has 0 bridgehead atoms. The molecule has 0 aliphatic carbocycles. The number of aromatic nitrogens is 1. The van der Waals surface area contributed by atoms with Gasteiger partial charge in [-0.2, -0.15) is 0 Å². The normalized spacial score (nSPS) is 14.6. The molecule has 3 nitrogen and oxygen atoms in total. The second kappa shape index (κ2) is 8.62. The van der Waals surface area contributed by atoms with Crippen LogP contribution in [0.25, 0.3) is 0 Å². The molecule has 6 heteroatoms. The molecule has 0 unspecified atom stereocenters. The Morgan fingerprint density at radius 1 is 1.17 bits per heavy atom. The highest BCUT2D eigenvalue weighted by atomic mass is 35.5. The molecule has 1 aliphatic rings. The van der Waals surface area contributed by atoms with E-state index < -0.39 is 0 Å². The second-order valence-electron chi connectivity index (χ2n) is 5.75. The highest BCUT2D eigenvalue weighted by Crippen LogP contribution is 2.28. The van der Waals surface area contributed by atoms with Crippen LogP contribution in [0.3, 0.4) is 0 Å². The Bertz CT molecular complexity index is 626. The predicted octanol–water partition coefficient (Wildman–Crippen LogP) is 4.29. The molecule has 1 aromatic carbocycles. The lowest BCUT2D eigenvalue weighted by Crippen LogP contribution is -2.29. The maximum absolute atomic E-state index is 13.6. The lowest BCUT2D eigenvalue weighted by atomic mass is 10.1. The van der Waals surface area contributed by atoms with Crippen LogP contribution in [0.15, 0.2) is 24.3 Å². The van der Waals surface area contributed by atoms with Crippen molar-refractivity contribution in [1.29, 1.82) is 0 Å². The minimum atomic E-state index is -0.148. The summed E-state index contributed by atoms with van der Waals surface area (Å²) in [7, 11) is 0. The van der Waals surface area contributed by atoms with Gasteiger partial charge in [-0.05, 0) is 32.3 Å². The van der Waals surface area contributed by atoms with Gasteiger partial charge < -0.3 is 10.2 Å². The van der Waals surface area contributed by atoms with E-state index in [1.807, 2.05) is 12.1 Å². The Balaban J connectivity index is 0.00000192. The number of piperidine rings is 1. The van der Waals surface area contributed by atoms with E-state index in [-0.39, 0.29) is 18.2 Å². The monoisotopic (exact) mass is 355 g/mol. The molecule has 1 aromatic heterocycles. The van der Waals surface area contributed by atoms with Gasteiger partial charge >= 0.3 is 0 Å². The summed E-state index contributed by atoms with van der Waals surface area (Å²) >= 11 is 1.76. The molecule has 1 saturated heterocycles. The first-order valence-corrected chi connectivity index (χ1v) is 8.71. The molecule has 1 aliphatic heterocycles. The maximum Gasteiger partial charge on any atom is 0.185 e. The largest absolute Gasteiger partial charge is 0.348 e. The number of nitrogens with zero attached hydrogens (tertiary/aromatic N) is 2. The molecule has 23 heavy (non-hydrogen) atoms. The van der Waals surface area contributed by atoms with Crippen LogP contribution in [0.4, 0.5) is 9.52 Å². The third kappa shape index (κ3) is 4.66. The Labute approximate surface area is 147 Å².